The largest absolute Gasteiger partial charge is 0.323 e. The number of halogens is 1. The van der Waals surface area contributed by atoms with E-state index in [1.165, 1.54) is 18.5 Å². The zero-order valence-corrected chi connectivity index (χ0v) is 16.6. The number of fused-ring (bicyclic) bond motifs is 1. The number of pyridine rings is 1. The van der Waals surface area contributed by atoms with Crippen LogP contribution in [0.2, 0.25) is 5.02 Å². The van der Waals surface area contributed by atoms with Crippen molar-refractivity contribution in [2.75, 3.05) is 5.32 Å². The summed E-state index contributed by atoms with van der Waals surface area (Å²) in [5, 5.41) is 13.8. The number of benzene rings is 2. The van der Waals surface area contributed by atoms with Crippen LogP contribution in [0.15, 0.2) is 60.7 Å². The third kappa shape index (κ3) is 3.61. The number of hydrogen-bond acceptors (Lipinski definition) is 3. The molecule has 0 atom stereocenters. The van der Waals surface area contributed by atoms with Gasteiger partial charge in [0.15, 0.2) is 5.82 Å². The minimum atomic E-state index is 0. The molecule has 0 unspecified atom stereocenters. The van der Waals surface area contributed by atoms with Crippen LogP contribution in [0.5, 0.6) is 0 Å². The molecule has 2 heterocycles. The van der Waals surface area contributed by atoms with E-state index in [0.29, 0.717) is 10.9 Å². The van der Waals surface area contributed by atoms with Gasteiger partial charge in [0.05, 0.1) is 5.69 Å². The maximum atomic E-state index is 6.39. The van der Waals surface area contributed by atoms with Crippen molar-refractivity contribution in [1.29, 1.82) is 0 Å². The van der Waals surface area contributed by atoms with Gasteiger partial charge in [-0.25, -0.2) is 4.98 Å². The molecule has 4 nitrogen and oxygen atoms in total. The molecule has 27 heavy (non-hydrogen) atoms. The molecule has 0 spiro atoms. The molecule has 1 fully saturated rings. The van der Waals surface area contributed by atoms with Gasteiger partial charge >= 0.3 is 0 Å². The van der Waals surface area contributed by atoms with Crippen LogP contribution in [-0.2, 0) is 18.6 Å². The van der Waals surface area contributed by atoms with E-state index in [4.69, 9.17) is 16.6 Å². The summed E-state index contributed by atoms with van der Waals surface area (Å²) in [5.74, 6) is 2.21. The maximum Gasteiger partial charge on any atom is 0.153 e. The van der Waals surface area contributed by atoms with Gasteiger partial charge in [-0.05, 0) is 30.4 Å². The average molecular weight is 412 g/mol. The summed E-state index contributed by atoms with van der Waals surface area (Å²) >= 11 is 6.39. The SMILES string of the molecule is Clc1ccccc1-c1cc2ccccc2c(Nc2cc(C3CC3)[nH]n2)n1.[V]. The van der Waals surface area contributed by atoms with Crippen LogP contribution in [0.3, 0.4) is 0 Å². The van der Waals surface area contributed by atoms with Gasteiger partial charge in [-0.2, -0.15) is 5.10 Å². The minimum Gasteiger partial charge on any atom is -0.323 e. The summed E-state index contributed by atoms with van der Waals surface area (Å²) in [6.07, 6.45) is 2.48. The quantitative estimate of drug-likeness (QED) is 0.440. The van der Waals surface area contributed by atoms with Crippen molar-refractivity contribution in [3.63, 3.8) is 0 Å². The fourth-order valence-electron chi connectivity index (χ4n) is 3.23. The van der Waals surface area contributed by atoms with Crippen molar-refractivity contribution >= 4 is 34.0 Å². The summed E-state index contributed by atoms with van der Waals surface area (Å²) in [6.45, 7) is 0. The molecule has 4 aromatic rings. The fraction of sp³-hybridized carbons (Fsp3) is 0.143. The molecule has 0 saturated heterocycles. The van der Waals surface area contributed by atoms with Gasteiger partial charge < -0.3 is 5.32 Å². The Morgan fingerprint density at radius 2 is 1.78 bits per heavy atom. The maximum absolute atomic E-state index is 6.39. The van der Waals surface area contributed by atoms with Crippen molar-refractivity contribution in [3.05, 3.63) is 71.4 Å². The predicted octanol–water partition coefficient (Wildman–Crippen LogP) is 5.90. The van der Waals surface area contributed by atoms with E-state index in [-0.39, 0.29) is 18.6 Å². The van der Waals surface area contributed by atoms with Crippen molar-refractivity contribution in [3.8, 4) is 11.3 Å². The first kappa shape index (κ1) is 18.1. The van der Waals surface area contributed by atoms with Gasteiger partial charge in [-0.1, -0.05) is 54.1 Å². The predicted molar refractivity (Wildman–Crippen MR) is 106 cm³/mol. The number of H-pyrrole nitrogens is 1. The Hall–Kier alpha value is -2.27. The topological polar surface area (TPSA) is 53.6 Å². The third-order valence-corrected chi connectivity index (χ3v) is 5.08. The zero-order valence-electron chi connectivity index (χ0n) is 14.5. The first-order chi connectivity index (χ1) is 12.8. The monoisotopic (exact) mass is 411 g/mol. The van der Waals surface area contributed by atoms with Gasteiger partial charge in [0.25, 0.3) is 0 Å². The molecule has 1 aliphatic rings. The Bertz CT molecular complexity index is 1100. The van der Waals surface area contributed by atoms with Crippen molar-refractivity contribution in [2.24, 2.45) is 0 Å². The number of aromatic nitrogens is 3. The van der Waals surface area contributed by atoms with E-state index < -0.39 is 0 Å². The zero-order chi connectivity index (χ0) is 17.5. The molecule has 0 bridgehead atoms. The molecule has 1 aliphatic carbocycles. The molecule has 5 rings (SSSR count). The number of rotatable bonds is 4. The summed E-state index contributed by atoms with van der Waals surface area (Å²) < 4.78 is 0. The van der Waals surface area contributed by atoms with Crippen LogP contribution in [0.1, 0.15) is 24.5 Å². The smallest absolute Gasteiger partial charge is 0.153 e. The number of hydrogen-bond donors (Lipinski definition) is 2. The van der Waals surface area contributed by atoms with E-state index in [0.717, 1.165) is 33.7 Å². The Morgan fingerprint density at radius 1 is 1.00 bits per heavy atom. The number of nitrogens with zero attached hydrogens (tertiary/aromatic N) is 2. The van der Waals surface area contributed by atoms with Crippen molar-refractivity contribution < 1.29 is 18.6 Å². The second-order valence-corrected chi connectivity index (χ2v) is 7.07. The van der Waals surface area contributed by atoms with E-state index >= 15 is 0 Å². The Morgan fingerprint density at radius 3 is 2.59 bits per heavy atom. The van der Waals surface area contributed by atoms with Gasteiger partial charge in [0, 0.05) is 52.2 Å². The summed E-state index contributed by atoms with van der Waals surface area (Å²) in [6, 6.07) is 20.1. The number of anilines is 2. The van der Waals surface area contributed by atoms with Crippen LogP contribution >= 0.6 is 11.6 Å². The normalized spacial score (nSPS) is 13.4. The average Bonchev–Trinajstić information content (AvgIpc) is 3.41. The first-order valence-corrected chi connectivity index (χ1v) is 9.13. The van der Waals surface area contributed by atoms with Crippen molar-refractivity contribution in [2.45, 2.75) is 18.8 Å². The first-order valence-electron chi connectivity index (χ1n) is 8.75. The summed E-state index contributed by atoms with van der Waals surface area (Å²) in [7, 11) is 0. The van der Waals surface area contributed by atoms with Crippen LogP contribution in [0.4, 0.5) is 11.6 Å². The molecule has 2 aromatic heterocycles. The molecule has 1 saturated carbocycles. The van der Waals surface area contributed by atoms with Crippen LogP contribution in [0.25, 0.3) is 22.0 Å². The standard InChI is InChI=1S/C21H17ClN4.V/c22-17-8-4-3-7-16(17)19-11-14-5-1-2-6-15(14)21(23-19)24-20-12-18(25-26-20)13-9-10-13;/h1-8,11-13H,9-10H2,(H2,23,24,25,26);. The Labute approximate surface area is 174 Å². The van der Waals surface area contributed by atoms with Crippen LogP contribution < -0.4 is 5.32 Å². The van der Waals surface area contributed by atoms with E-state index in [9.17, 15) is 0 Å². The second-order valence-electron chi connectivity index (χ2n) is 6.66. The van der Waals surface area contributed by atoms with Crippen LogP contribution in [-0.4, -0.2) is 15.2 Å². The fourth-order valence-corrected chi connectivity index (χ4v) is 3.46. The van der Waals surface area contributed by atoms with Crippen LogP contribution in [0, 0.1) is 0 Å². The van der Waals surface area contributed by atoms with Gasteiger partial charge in [-0.15, -0.1) is 0 Å². The van der Waals surface area contributed by atoms with Gasteiger partial charge in [0.2, 0.25) is 0 Å². The summed E-state index contributed by atoms with van der Waals surface area (Å²) in [5.41, 5.74) is 2.96. The molecule has 6 heteroatoms. The second kappa shape index (κ2) is 7.39. The Balaban J connectivity index is 0.00000180. The molecule has 0 aliphatic heterocycles. The van der Waals surface area contributed by atoms with E-state index in [1.54, 1.807) is 0 Å². The number of nitrogens with one attached hydrogen (secondary N) is 2. The molecule has 1 radical (unpaired) electrons. The molecule has 0 amide bonds. The number of aromatic amines is 1. The van der Waals surface area contributed by atoms with E-state index in [2.05, 4.69) is 39.8 Å². The molecule has 2 aromatic carbocycles. The molecular weight excluding hydrogens is 395 g/mol. The summed E-state index contributed by atoms with van der Waals surface area (Å²) in [4.78, 5) is 4.85. The minimum absolute atomic E-state index is 0. The van der Waals surface area contributed by atoms with E-state index in [1.807, 2.05) is 36.4 Å². The Kier molecular flexibility index (Phi) is 4.96. The van der Waals surface area contributed by atoms with Gasteiger partial charge in [0.1, 0.15) is 5.82 Å². The molecule has 2 N–H and O–H groups in total. The molecular formula is C21H17ClN4V. The van der Waals surface area contributed by atoms with Crippen molar-refractivity contribution in [1.82, 2.24) is 15.2 Å². The molecule has 133 valence electrons. The van der Waals surface area contributed by atoms with Gasteiger partial charge in [-0.3, -0.25) is 5.10 Å². The third-order valence-electron chi connectivity index (χ3n) is 4.75.